The van der Waals surface area contributed by atoms with Crippen molar-refractivity contribution in [1.82, 2.24) is 14.1 Å². The molecule has 9 heteroatoms. The summed E-state index contributed by atoms with van der Waals surface area (Å²) < 4.78 is 24.2. The molecular formula is C10H19N3O5S. The van der Waals surface area contributed by atoms with E-state index in [1.807, 2.05) is 0 Å². The van der Waals surface area contributed by atoms with E-state index in [2.05, 4.69) is 0 Å². The summed E-state index contributed by atoms with van der Waals surface area (Å²) in [7, 11) is -0.809. The molecule has 1 N–H and O–H groups in total. The molecule has 0 radical (unpaired) electrons. The van der Waals surface area contributed by atoms with Gasteiger partial charge in [-0.1, -0.05) is 0 Å². The number of sulfonamides is 1. The number of hydrogen-bond acceptors (Lipinski definition) is 5. The summed E-state index contributed by atoms with van der Waals surface area (Å²) in [6.45, 7) is 0.643. The van der Waals surface area contributed by atoms with E-state index < -0.39 is 28.3 Å². The van der Waals surface area contributed by atoms with Crippen LogP contribution in [0.3, 0.4) is 0 Å². The summed E-state index contributed by atoms with van der Waals surface area (Å²) in [4.78, 5) is 25.9. The van der Waals surface area contributed by atoms with Gasteiger partial charge in [0.2, 0.25) is 21.8 Å². The molecule has 0 aromatic heterocycles. The van der Waals surface area contributed by atoms with E-state index in [4.69, 9.17) is 5.11 Å². The van der Waals surface area contributed by atoms with Gasteiger partial charge >= 0.3 is 0 Å². The van der Waals surface area contributed by atoms with Crippen LogP contribution in [0.2, 0.25) is 0 Å². The predicted molar refractivity (Wildman–Crippen MR) is 67.7 cm³/mol. The number of aliphatic hydroxyl groups is 1. The van der Waals surface area contributed by atoms with Gasteiger partial charge in [0.15, 0.2) is 0 Å². The molecule has 0 unspecified atom stereocenters. The first-order valence-electron chi connectivity index (χ1n) is 5.84. The average Bonchev–Trinajstić information content (AvgIpc) is 2.37. The Hall–Kier alpha value is -1.19. The second-order valence-electron chi connectivity index (χ2n) is 4.46. The van der Waals surface area contributed by atoms with Gasteiger partial charge < -0.3 is 14.9 Å². The molecule has 1 saturated heterocycles. The summed E-state index contributed by atoms with van der Waals surface area (Å²) in [6, 6.07) is 0. The van der Waals surface area contributed by atoms with Crippen molar-refractivity contribution < 1.29 is 23.1 Å². The molecule has 2 amide bonds. The summed E-state index contributed by atoms with van der Waals surface area (Å²) >= 11 is 0. The van der Waals surface area contributed by atoms with Crippen LogP contribution in [0.25, 0.3) is 0 Å². The number of carbonyl (C=O) groups excluding carboxylic acids is 2. The highest BCUT2D eigenvalue weighted by atomic mass is 32.2. The second-order valence-corrected chi connectivity index (χ2v) is 6.64. The monoisotopic (exact) mass is 293 g/mol. The summed E-state index contributed by atoms with van der Waals surface area (Å²) in [5.74, 6) is -1.41. The first-order valence-corrected chi connectivity index (χ1v) is 7.45. The number of rotatable bonds is 4. The van der Waals surface area contributed by atoms with Gasteiger partial charge in [0.1, 0.15) is 12.4 Å². The van der Waals surface area contributed by atoms with E-state index in [1.165, 1.54) is 23.9 Å². The molecule has 0 spiro atoms. The zero-order valence-corrected chi connectivity index (χ0v) is 11.9. The number of carbonyl (C=O) groups is 2. The topological polar surface area (TPSA) is 98.2 Å². The Bertz CT molecular complexity index is 440. The Morgan fingerprint density at radius 1 is 1.05 bits per heavy atom. The van der Waals surface area contributed by atoms with E-state index in [-0.39, 0.29) is 19.0 Å². The lowest BCUT2D eigenvalue weighted by molar-refractivity contribution is -0.140. The van der Waals surface area contributed by atoms with Crippen LogP contribution in [0, 0.1) is 0 Å². The smallest absolute Gasteiger partial charge is 0.248 e. The minimum absolute atomic E-state index is 0.285. The second kappa shape index (κ2) is 6.31. The van der Waals surface area contributed by atoms with Crippen molar-refractivity contribution in [2.24, 2.45) is 0 Å². The van der Waals surface area contributed by atoms with Gasteiger partial charge in [0, 0.05) is 40.3 Å². The Morgan fingerprint density at radius 2 is 1.47 bits per heavy atom. The lowest BCUT2D eigenvalue weighted by Gasteiger charge is -2.34. The third-order valence-corrected chi connectivity index (χ3v) is 4.71. The lowest BCUT2D eigenvalue weighted by atomic mass is 10.3. The van der Waals surface area contributed by atoms with Gasteiger partial charge in [-0.3, -0.25) is 9.59 Å². The van der Waals surface area contributed by atoms with Crippen LogP contribution in [0.5, 0.6) is 0 Å². The molecule has 1 rings (SSSR count). The fourth-order valence-electron chi connectivity index (χ4n) is 1.68. The number of aliphatic hydroxyl groups excluding tert-OH is 1. The molecule has 1 aliphatic heterocycles. The molecule has 19 heavy (non-hydrogen) atoms. The van der Waals surface area contributed by atoms with Crippen molar-refractivity contribution in [1.29, 1.82) is 0 Å². The molecule has 110 valence electrons. The molecular weight excluding hydrogens is 274 g/mol. The molecule has 0 saturated carbocycles. The van der Waals surface area contributed by atoms with Crippen LogP contribution in [-0.4, -0.2) is 92.1 Å². The van der Waals surface area contributed by atoms with Crippen LogP contribution in [0.15, 0.2) is 0 Å². The maximum Gasteiger partial charge on any atom is 0.248 e. The maximum atomic E-state index is 11.8. The van der Waals surface area contributed by atoms with Crippen molar-refractivity contribution in [3.63, 3.8) is 0 Å². The van der Waals surface area contributed by atoms with Gasteiger partial charge in [-0.25, -0.2) is 12.7 Å². The van der Waals surface area contributed by atoms with Crippen molar-refractivity contribution in [3.05, 3.63) is 0 Å². The zero-order chi connectivity index (χ0) is 14.6. The SMILES string of the molecule is CN(C)S(=O)(=O)CC(=O)N1CCN(C(=O)CO)CC1. The van der Waals surface area contributed by atoms with Crippen LogP contribution in [-0.2, 0) is 19.6 Å². The summed E-state index contributed by atoms with van der Waals surface area (Å²) in [6.07, 6.45) is 0. The van der Waals surface area contributed by atoms with Crippen LogP contribution >= 0.6 is 0 Å². The molecule has 1 fully saturated rings. The Balaban J connectivity index is 2.52. The van der Waals surface area contributed by atoms with Crippen LogP contribution in [0.1, 0.15) is 0 Å². The van der Waals surface area contributed by atoms with E-state index >= 15 is 0 Å². The van der Waals surface area contributed by atoms with Crippen molar-refractivity contribution in [2.75, 3.05) is 52.6 Å². The van der Waals surface area contributed by atoms with Crippen LogP contribution in [0.4, 0.5) is 0 Å². The van der Waals surface area contributed by atoms with Gasteiger partial charge in [-0.15, -0.1) is 0 Å². The molecule has 1 aliphatic rings. The maximum absolute atomic E-state index is 11.8. The van der Waals surface area contributed by atoms with Crippen molar-refractivity contribution >= 4 is 21.8 Å². The quantitative estimate of drug-likeness (QED) is 0.620. The first-order chi connectivity index (χ1) is 8.77. The molecule has 0 aliphatic carbocycles. The van der Waals surface area contributed by atoms with Crippen molar-refractivity contribution in [3.8, 4) is 0 Å². The van der Waals surface area contributed by atoms with E-state index in [1.54, 1.807) is 0 Å². The normalized spacial score (nSPS) is 16.8. The fourth-order valence-corrected chi connectivity index (χ4v) is 2.43. The highest BCUT2D eigenvalue weighted by molar-refractivity contribution is 7.89. The van der Waals surface area contributed by atoms with Crippen LogP contribution < -0.4 is 0 Å². The summed E-state index contributed by atoms with van der Waals surface area (Å²) in [5.41, 5.74) is 0. The minimum atomic E-state index is -3.56. The van der Waals surface area contributed by atoms with Gasteiger partial charge in [-0.2, -0.15) is 0 Å². The molecule has 8 nitrogen and oxygen atoms in total. The van der Waals surface area contributed by atoms with Gasteiger partial charge in [0.05, 0.1) is 0 Å². The Morgan fingerprint density at radius 3 is 1.84 bits per heavy atom. The Labute approximate surface area is 112 Å². The third kappa shape index (κ3) is 4.15. The average molecular weight is 293 g/mol. The highest BCUT2D eigenvalue weighted by Gasteiger charge is 2.27. The summed E-state index contributed by atoms with van der Waals surface area (Å²) in [5, 5.41) is 8.72. The standard InChI is InChI=1S/C10H19N3O5S/c1-11(2)19(17,18)8-10(16)13-5-3-12(4-6-13)9(15)7-14/h14H,3-8H2,1-2H3. The van der Waals surface area contributed by atoms with E-state index in [0.717, 1.165) is 4.31 Å². The minimum Gasteiger partial charge on any atom is -0.387 e. The largest absolute Gasteiger partial charge is 0.387 e. The number of piperazine rings is 1. The van der Waals surface area contributed by atoms with E-state index in [9.17, 15) is 18.0 Å². The Kier molecular flexibility index (Phi) is 5.27. The zero-order valence-electron chi connectivity index (χ0n) is 11.1. The molecule has 0 bridgehead atoms. The van der Waals surface area contributed by atoms with Gasteiger partial charge in [0.25, 0.3) is 0 Å². The van der Waals surface area contributed by atoms with E-state index in [0.29, 0.717) is 13.1 Å². The van der Waals surface area contributed by atoms with Crippen molar-refractivity contribution in [2.45, 2.75) is 0 Å². The third-order valence-electron chi connectivity index (χ3n) is 2.98. The molecule has 0 aromatic carbocycles. The highest BCUT2D eigenvalue weighted by Crippen LogP contribution is 2.05. The molecule has 0 atom stereocenters. The molecule has 1 heterocycles. The number of hydrogen-bond donors (Lipinski definition) is 1. The first kappa shape index (κ1) is 15.9. The predicted octanol–water partition coefficient (Wildman–Crippen LogP) is -2.46. The number of nitrogens with zero attached hydrogens (tertiary/aromatic N) is 3. The lowest BCUT2D eigenvalue weighted by Crippen LogP contribution is -2.52. The fraction of sp³-hybridized carbons (Fsp3) is 0.800. The van der Waals surface area contributed by atoms with Gasteiger partial charge in [-0.05, 0) is 0 Å². The molecule has 0 aromatic rings. The number of amides is 2.